The van der Waals surface area contributed by atoms with E-state index in [9.17, 15) is 13.2 Å². The fourth-order valence-corrected chi connectivity index (χ4v) is 4.14. The molecule has 0 unspecified atom stereocenters. The van der Waals surface area contributed by atoms with Crippen molar-refractivity contribution in [2.24, 2.45) is 0 Å². The third kappa shape index (κ3) is 4.19. The number of fused-ring (bicyclic) bond motifs is 2. The number of amides is 1. The molecule has 0 bridgehead atoms. The van der Waals surface area contributed by atoms with Crippen LogP contribution in [0.2, 0.25) is 0 Å². The highest BCUT2D eigenvalue weighted by atomic mass is 32.2. The van der Waals surface area contributed by atoms with Gasteiger partial charge in [-0.1, -0.05) is 31.2 Å². The molecule has 4 rings (SSSR count). The van der Waals surface area contributed by atoms with Crippen LogP contribution in [-0.2, 0) is 10.0 Å². The second kappa shape index (κ2) is 7.51. The smallest absolute Gasteiger partial charge is 0.276 e. The minimum atomic E-state index is -3.38. The molecule has 0 saturated carbocycles. The Balaban J connectivity index is 1.55. The minimum Gasteiger partial charge on any atom is -0.324 e. The molecule has 29 heavy (non-hydrogen) atoms. The number of rotatable bonds is 6. The molecular formula is C20H19N5O3S. The molecule has 0 fully saturated rings. The normalized spacial score (nSPS) is 11.6. The molecule has 2 aromatic carbocycles. The van der Waals surface area contributed by atoms with Crippen molar-refractivity contribution in [2.75, 3.05) is 15.8 Å². The summed E-state index contributed by atoms with van der Waals surface area (Å²) in [5.74, 6) is -0.0825. The number of hydrogen-bond acceptors (Lipinski definition) is 5. The van der Waals surface area contributed by atoms with Crippen molar-refractivity contribution < 1.29 is 13.2 Å². The van der Waals surface area contributed by atoms with Crippen molar-refractivity contribution in [3.8, 4) is 0 Å². The molecule has 0 spiro atoms. The van der Waals surface area contributed by atoms with Crippen LogP contribution in [-0.4, -0.2) is 35.0 Å². The third-order valence-electron chi connectivity index (χ3n) is 4.32. The number of carbonyl (C=O) groups excluding carboxylic acids is 1. The highest BCUT2D eigenvalue weighted by molar-refractivity contribution is 7.92. The second-order valence-electron chi connectivity index (χ2n) is 6.61. The predicted octanol–water partition coefficient (Wildman–Crippen LogP) is 3.52. The van der Waals surface area contributed by atoms with Gasteiger partial charge in [-0.05, 0) is 36.1 Å². The zero-order valence-electron chi connectivity index (χ0n) is 15.6. The monoisotopic (exact) mass is 409 g/mol. The van der Waals surface area contributed by atoms with Crippen LogP contribution in [0.15, 0.2) is 54.7 Å². The lowest BCUT2D eigenvalue weighted by molar-refractivity contribution is 0.102. The van der Waals surface area contributed by atoms with Crippen molar-refractivity contribution in [1.29, 1.82) is 0 Å². The van der Waals surface area contributed by atoms with Gasteiger partial charge in [0.15, 0.2) is 0 Å². The molecule has 2 heterocycles. The number of sulfonamides is 1. The molecular weight excluding hydrogens is 390 g/mol. The van der Waals surface area contributed by atoms with Crippen LogP contribution in [0.5, 0.6) is 0 Å². The van der Waals surface area contributed by atoms with Crippen molar-refractivity contribution in [2.45, 2.75) is 13.3 Å². The van der Waals surface area contributed by atoms with E-state index < -0.39 is 15.9 Å². The molecule has 1 amide bonds. The lowest BCUT2D eigenvalue weighted by Crippen LogP contribution is -2.15. The Hall–Kier alpha value is -3.46. The van der Waals surface area contributed by atoms with Crippen LogP contribution in [0, 0.1) is 0 Å². The first-order chi connectivity index (χ1) is 13.9. The number of aromatic amines is 1. The molecule has 0 atom stereocenters. The molecule has 0 aliphatic carbocycles. The van der Waals surface area contributed by atoms with Gasteiger partial charge >= 0.3 is 0 Å². The number of benzene rings is 2. The molecule has 0 saturated heterocycles. The van der Waals surface area contributed by atoms with Crippen LogP contribution in [0.25, 0.3) is 21.8 Å². The van der Waals surface area contributed by atoms with E-state index in [1.807, 2.05) is 24.3 Å². The van der Waals surface area contributed by atoms with E-state index in [1.165, 1.54) is 0 Å². The fraction of sp³-hybridized carbons (Fsp3) is 0.150. The first-order valence-corrected chi connectivity index (χ1v) is 10.8. The average Bonchev–Trinajstić information content (AvgIpc) is 3.08. The summed E-state index contributed by atoms with van der Waals surface area (Å²) in [5, 5.41) is 4.56. The standard InChI is InChI=1S/C20H19N5O3S/c1-2-9-29(27,28)25-15-7-8-16-17(11-15)23-20(22-16)24-19(26)18-10-13-5-3-4-6-14(13)12-21-18/h3-8,10-12,25H,2,9H2,1H3,(H2,22,23,24,26). The van der Waals surface area contributed by atoms with E-state index in [0.717, 1.165) is 10.8 Å². The summed E-state index contributed by atoms with van der Waals surface area (Å²) < 4.78 is 26.4. The van der Waals surface area contributed by atoms with Gasteiger partial charge in [-0.3, -0.25) is 19.8 Å². The number of pyridine rings is 1. The highest BCUT2D eigenvalue weighted by Crippen LogP contribution is 2.21. The molecule has 0 aliphatic heterocycles. The van der Waals surface area contributed by atoms with Crippen LogP contribution in [0.1, 0.15) is 23.8 Å². The maximum Gasteiger partial charge on any atom is 0.276 e. The van der Waals surface area contributed by atoms with Crippen molar-refractivity contribution in [3.63, 3.8) is 0 Å². The van der Waals surface area contributed by atoms with Gasteiger partial charge in [-0.25, -0.2) is 13.4 Å². The van der Waals surface area contributed by atoms with Gasteiger partial charge in [0.2, 0.25) is 16.0 Å². The first-order valence-electron chi connectivity index (χ1n) is 9.10. The van der Waals surface area contributed by atoms with E-state index >= 15 is 0 Å². The largest absolute Gasteiger partial charge is 0.324 e. The lowest BCUT2D eigenvalue weighted by atomic mass is 10.1. The number of anilines is 2. The minimum absolute atomic E-state index is 0.0497. The number of carbonyl (C=O) groups is 1. The van der Waals surface area contributed by atoms with Crippen molar-refractivity contribution >= 4 is 49.4 Å². The number of H-pyrrole nitrogens is 1. The van der Waals surface area contributed by atoms with Gasteiger partial charge in [-0.15, -0.1) is 0 Å². The molecule has 3 N–H and O–H groups in total. The van der Waals surface area contributed by atoms with E-state index in [4.69, 9.17) is 0 Å². The summed E-state index contributed by atoms with van der Waals surface area (Å²) in [5.41, 5.74) is 1.91. The van der Waals surface area contributed by atoms with Crippen LogP contribution >= 0.6 is 0 Å². The fourth-order valence-electron chi connectivity index (χ4n) is 3.01. The Morgan fingerprint density at radius 2 is 1.90 bits per heavy atom. The summed E-state index contributed by atoms with van der Waals surface area (Å²) >= 11 is 0. The van der Waals surface area contributed by atoms with Gasteiger partial charge in [0.05, 0.1) is 22.5 Å². The van der Waals surface area contributed by atoms with Gasteiger partial charge < -0.3 is 4.98 Å². The molecule has 0 aliphatic rings. The number of nitrogens with one attached hydrogen (secondary N) is 3. The molecule has 2 aromatic heterocycles. The van der Waals surface area contributed by atoms with Gasteiger partial charge in [0, 0.05) is 11.6 Å². The Morgan fingerprint density at radius 3 is 2.69 bits per heavy atom. The number of hydrogen-bond donors (Lipinski definition) is 3. The van der Waals surface area contributed by atoms with Gasteiger partial charge in [0.25, 0.3) is 5.91 Å². The first kappa shape index (κ1) is 18.9. The number of nitrogens with zero attached hydrogens (tertiary/aromatic N) is 2. The van der Waals surface area contributed by atoms with E-state index in [1.54, 1.807) is 37.4 Å². The molecule has 148 valence electrons. The number of imidazole rings is 1. The SMILES string of the molecule is CCCS(=O)(=O)Nc1ccc2nc(NC(=O)c3cc4ccccc4cn3)[nH]c2c1. The van der Waals surface area contributed by atoms with Crippen LogP contribution in [0.4, 0.5) is 11.6 Å². The van der Waals surface area contributed by atoms with Crippen LogP contribution in [0.3, 0.4) is 0 Å². The Morgan fingerprint density at radius 1 is 1.10 bits per heavy atom. The quantitative estimate of drug-likeness (QED) is 0.450. The van der Waals surface area contributed by atoms with Crippen molar-refractivity contribution in [3.05, 3.63) is 60.4 Å². The molecule has 8 nitrogen and oxygen atoms in total. The molecule has 9 heteroatoms. The summed E-state index contributed by atoms with van der Waals surface area (Å²) in [4.78, 5) is 24.0. The average molecular weight is 409 g/mol. The molecule has 4 aromatic rings. The zero-order valence-corrected chi connectivity index (χ0v) is 16.5. The topological polar surface area (TPSA) is 117 Å². The Bertz CT molecular complexity index is 1310. The van der Waals surface area contributed by atoms with E-state index in [2.05, 4.69) is 25.0 Å². The maximum absolute atomic E-state index is 12.5. The maximum atomic E-state index is 12.5. The molecule has 0 radical (unpaired) electrons. The zero-order chi connectivity index (χ0) is 20.4. The summed E-state index contributed by atoms with van der Waals surface area (Å²) in [6.07, 6.45) is 2.18. The second-order valence-corrected chi connectivity index (χ2v) is 8.45. The number of aromatic nitrogens is 3. The van der Waals surface area contributed by atoms with Gasteiger partial charge in [0.1, 0.15) is 5.69 Å². The highest BCUT2D eigenvalue weighted by Gasteiger charge is 2.13. The summed E-state index contributed by atoms with van der Waals surface area (Å²) in [7, 11) is -3.38. The Labute approximate surface area is 167 Å². The Kier molecular flexibility index (Phi) is 4.89. The van der Waals surface area contributed by atoms with E-state index in [-0.39, 0.29) is 17.4 Å². The summed E-state index contributed by atoms with van der Waals surface area (Å²) in [6.45, 7) is 1.80. The lowest BCUT2D eigenvalue weighted by Gasteiger charge is -2.06. The van der Waals surface area contributed by atoms with E-state index in [0.29, 0.717) is 23.1 Å². The van der Waals surface area contributed by atoms with Crippen LogP contribution < -0.4 is 10.0 Å². The van der Waals surface area contributed by atoms with Crippen molar-refractivity contribution in [1.82, 2.24) is 15.0 Å². The van der Waals surface area contributed by atoms with Gasteiger partial charge in [-0.2, -0.15) is 0 Å². The summed E-state index contributed by atoms with van der Waals surface area (Å²) in [6, 6.07) is 14.3. The predicted molar refractivity (Wildman–Crippen MR) is 113 cm³/mol. The third-order valence-corrected chi connectivity index (χ3v) is 5.82.